The highest BCUT2D eigenvalue weighted by Crippen LogP contribution is 2.40. The number of fused-ring (bicyclic) bond motifs is 1. The highest BCUT2D eigenvalue weighted by molar-refractivity contribution is 5.84. The van der Waals surface area contributed by atoms with Gasteiger partial charge < -0.3 is 4.74 Å². The molecule has 0 N–H and O–H groups in total. The van der Waals surface area contributed by atoms with Gasteiger partial charge in [-0.25, -0.2) is 4.68 Å². The second-order valence-electron chi connectivity index (χ2n) is 5.06. The Hall–Kier alpha value is -2.62. The third-order valence-electron chi connectivity index (χ3n) is 3.68. The van der Waals surface area contributed by atoms with E-state index in [1.54, 1.807) is 12.4 Å². The molecule has 0 bridgehead atoms. The van der Waals surface area contributed by atoms with Gasteiger partial charge in [-0.05, 0) is 17.7 Å². The number of aryl methyl sites for hydroxylation is 1. The third-order valence-corrected chi connectivity index (χ3v) is 3.68. The molecule has 1 aromatic carbocycles. The van der Waals surface area contributed by atoms with E-state index in [1.807, 2.05) is 35.0 Å². The zero-order chi connectivity index (χ0) is 14.1. The predicted molar refractivity (Wildman–Crippen MR) is 81.0 cm³/mol. The monoisotopic (exact) mass is 277 g/mol. The van der Waals surface area contributed by atoms with Gasteiger partial charge >= 0.3 is 0 Å². The molecule has 1 aliphatic rings. The van der Waals surface area contributed by atoms with Crippen molar-refractivity contribution in [1.29, 1.82) is 0 Å². The summed E-state index contributed by atoms with van der Waals surface area (Å²) in [6, 6.07) is 14.3. The van der Waals surface area contributed by atoms with E-state index in [0.29, 0.717) is 0 Å². The van der Waals surface area contributed by atoms with Gasteiger partial charge in [0, 0.05) is 30.9 Å². The first-order chi connectivity index (χ1) is 10.4. The number of ether oxygens (including phenoxy) is 1. The van der Waals surface area contributed by atoms with Gasteiger partial charge in [0.15, 0.2) is 0 Å². The summed E-state index contributed by atoms with van der Waals surface area (Å²) in [5.74, 6) is 0.867. The van der Waals surface area contributed by atoms with Gasteiger partial charge in [0.2, 0.25) is 5.88 Å². The van der Waals surface area contributed by atoms with Crippen molar-refractivity contribution in [3.05, 3.63) is 54.9 Å². The van der Waals surface area contributed by atoms with Crippen molar-refractivity contribution in [2.24, 2.45) is 0 Å². The molecule has 1 aliphatic heterocycles. The van der Waals surface area contributed by atoms with Gasteiger partial charge in [-0.3, -0.25) is 4.98 Å². The molecule has 0 atom stereocenters. The zero-order valence-corrected chi connectivity index (χ0v) is 11.6. The van der Waals surface area contributed by atoms with Gasteiger partial charge in [0.05, 0.1) is 12.2 Å². The van der Waals surface area contributed by atoms with Crippen LogP contribution in [-0.2, 0) is 6.54 Å². The van der Waals surface area contributed by atoms with Gasteiger partial charge in [-0.15, -0.1) is 0 Å². The van der Waals surface area contributed by atoms with E-state index in [2.05, 4.69) is 17.1 Å². The van der Waals surface area contributed by atoms with E-state index in [4.69, 9.17) is 9.84 Å². The van der Waals surface area contributed by atoms with Crippen LogP contribution in [0.4, 0.5) is 0 Å². The number of hydrogen-bond donors (Lipinski definition) is 0. The minimum atomic E-state index is 0.748. The molecule has 4 nitrogen and oxygen atoms in total. The maximum absolute atomic E-state index is 5.89. The molecule has 0 radical (unpaired) electrons. The largest absolute Gasteiger partial charge is 0.477 e. The molecule has 0 amide bonds. The number of aromatic nitrogens is 3. The van der Waals surface area contributed by atoms with Crippen LogP contribution in [0.15, 0.2) is 54.9 Å². The molecule has 0 spiro atoms. The summed E-state index contributed by atoms with van der Waals surface area (Å²) in [5, 5.41) is 4.77. The van der Waals surface area contributed by atoms with Crippen molar-refractivity contribution < 1.29 is 4.74 Å². The van der Waals surface area contributed by atoms with E-state index in [1.165, 1.54) is 0 Å². The van der Waals surface area contributed by atoms with Crippen LogP contribution in [0.3, 0.4) is 0 Å². The summed E-state index contributed by atoms with van der Waals surface area (Å²) in [4.78, 5) is 4.10. The molecule has 3 heterocycles. The molecule has 21 heavy (non-hydrogen) atoms. The smallest absolute Gasteiger partial charge is 0.220 e. The minimum absolute atomic E-state index is 0.748. The molecule has 3 aromatic rings. The van der Waals surface area contributed by atoms with Crippen LogP contribution in [0, 0.1) is 0 Å². The first kappa shape index (κ1) is 12.1. The van der Waals surface area contributed by atoms with Crippen LogP contribution in [0.25, 0.3) is 22.4 Å². The van der Waals surface area contributed by atoms with Crippen molar-refractivity contribution in [1.82, 2.24) is 14.8 Å². The lowest BCUT2D eigenvalue weighted by atomic mass is 10.0. The van der Waals surface area contributed by atoms with E-state index in [-0.39, 0.29) is 0 Å². The molecule has 4 heteroatoms. The first-order valence-electron chi connectivity index (χ1n) is 7.13. The van der Waals surface area contributed by atoms with Crippen molar-refractivity contribution in [2.45, 2.75) is 13.0 Å². The van der Waals surface area contributed by atoms with Gasteiger partial charge in [0.1, 0.15) is 5.69 Å². The van der Waals surface area contributed by atoms with Crippen LogP contribution in [0.1, 0.15) is 6.42 Å². The molecule has 4 rings (SSSR count). The van der Waals surface area contributed by atoms with Crippen molar-refractivity contribution in [2.75, 3.05) is 6.61 Å². The summed E-state index contributed by atoms with van der Waals surface area (Å²) in [5.41, 5.74) is 4.23. The fraction of sp³-hybridized carbons (Fsp3) is 0.176. The topological polar surface area (TPSA) is 39.9 Å². The lowest BCUT2D eigenvalue weighted by molar-refractivity contribution is 0.231. The van der Waals surface area contributed by atoms with Gasteiger partial charge in [-0.1, -0.05) is 30.3 Å². The van der Waals surface area contributed by atoms with Crippen molar-refractivity contribution >= 4 is 0 Å². The molecular weight excluding hydrogens is 262 g/mol. The second kappa shape index (κ2) is 5.05. The Bertz CT molecular complexity index is 750. The molecule has 2 aromatic heterocycles. The fourth-order valence-electron chi connectivity index (χ4n) is 2.70. The Balaban J connectivity index is 1.96. The summed E-state index contributed by atoms with van der Waals surface area (Å²) < 4.78 is 7.87. The number of hydrogen-bond acceptors (Lipinski definition) is 3. The standard InChI is InChI=1S/C17H15N3O/c1-2-5-14(6-3-1)16-15(13-7-9-18-10-8-13)17-20(19-16)11-4-12-21-17/h1-3,5-10H,4,11-12H2. The molecule has 0 fully saturated rings. The van der Waals surface area contributed by atoms with E-state index in [0.717, 1.165) is 47.8 Å². The molecule has 0 unspecified atom stereocenters. The fourth-order valence-corrected chi connectivity index (χ4v) is 2.70. The van der Waals surface area contributed by atoms with Crippen LogP contribution in [0.5, 0.6) is 5.88 Å². The lowest BCUT2D eigenvalue weighted by Crippen LogP contribution is -2.14. The van der Waals surface area contributed by atoms with Gasteiger partial charge in [0.25, 0.3) is 0 Å². The highest BCUT2D eigenvalue weighted by Gasteiger charge is 2.23. The first-order valence-corrected chi connectivity index (χ1v) is 7.13. The minimum Gasteiger partial charge on any atom is -0.477 e. The maximum atomic E-state index is 5.89. The average Bonchev–Trinajstić information content (AvgIpc) is 2.96. The maximum Gasteiger partial charge on any atom is 0.220 e. The van der Waals surface area contributed by atoms with Crippen LogP contribution >= 0.6 is 0 Å². The average molecular weight is 277 g/mol. The van der Waals surface area contributed by atoms with Crippen LogP contribution in [-0.4, -0.2) is 21.4 Å². The lowest BCUT2D eigenvalue weighted by Gasteiger charge is -2.16. The van der Waals surface area contributed by atoms with E-state index < -0.39 is 0 Å². The van der Waals surface area contributed by atoms with E-state index in [9.17, 15) is 0 Å². The Morgan fingerprint density at radius 2 is 1.76 bits per heavy atom. The normalized spacial score (nSPS) is 13.5. The highest BCUT2D eigenvalue weighted by atomic mass is 16.5. The molecule has 0 aliphatic carbocycles. The molecule has 0 saturated heterocycles. The molecule has 0 saturated carbocycles. The number of benzene rings is 1. The van der Waals surface area contributed by atoms with Crippen LogP contribution < -0.4 is 4.74 Å². The third kappa shape index (κ3) is 2.09. The number of pyridine rings is 1. The van der Waals surface area contributed by atoms with Crippen molar-refractivity contribution in [3.8, 4) is 28.3 Å². The summed E-state index contributed by atoms with van der Waals surface area (Å²) in [6.45, 7) is 1.65. The summed E-state index contributed by atoms with van der Waals surface area (Å²) in [6.07, 6.45) is 4.60. The quantitative estimate of drug-likeness (QED) is 0.720. The predicted octanol–water partition coefficient (Wildman–Crippen LogP) is 3.39. The zero-order valence-electron chi connectivity index (χ0n) is 11.6. The molecular formula is C17H15N3O. The Morgan fingerprint density at radius 1 is 0.952 bits per heavy atom. The number of rotatable bonds is 2. The summed E-state index contributed by atoms with van der Waals surface area (Å²) >= 11 is 0. The SMILES string of the molecule is c1ccc(-c2nn3c(c2-c2ccncc2)OCCC3)cc1. The van der Waals surface area contributed by atoms with Crippen LogP contribution in [0.2, 0.25) is 0 Å². The molecule has 104 valence electrons. The van der Waals surface area contributed by atoms with Gasteiger partial charge in [-0.2, -0.15) is 5.10 Å². The van der Waals surface area contributed by atoms with Crippen molar-refractivity contribution in [3.63, 3.8) is 0 Å². The second-order valence-corrected chi connectivity index (χ2v) is 5.06. The Kier molecular flexibility index (Phi) is 2.92. The summed E-state index contributed by atoms with van der Waals surface area (Å²) in [7, 11) is 0. The Morgan fingerprint density at radius 3 is 2.57 bits per heavy atom. The Labute approximate surface area is 123 Å². The van der Waals surface area contributed by atoms with E-state index >= 15 is 0 Å². The number of nitrogens with zero attached hydrogens (tertiary/aromatic N) is 3.